The third kappa shape index (κ3) is 4.52. The lowest BCUT2D eigenvalue weighted by Gasteiger charge is -2.05. The van der Waals surface area contributed by atoms with Crippen molar-refractivity contribution in [2.75, 3.05) is 13.3 Å². The molecule has 0 bridgehead atoms. The van der Waals surface area contributed by atoms with E-state index in [1.54, 1.807) is 6.07 Å². The highest BCUT2D eigenvalue weighted by molar-refractivity contribution is 9.10. The molecule has 6 nitrogen and oxygen atoms in total. The fourth-order valence-corrected chi connectivity index (χ4v) is 2.78. The van der Waals surface area contributed by atoms with Crippen LogP contribution in [0.3, 0.4) is 0 Å². The molecule has 0 spiro atoms. The maximum absolute atomic E-state index is 11.6. The Balaban J connectivity index is 0.00000242. The van der Waals surface area contributed by atoms with Crippen molar-refractivity contribution in [3.8, 4) is 11.5 Å². The van der Waals surface area contributed by atoms with Gasteiger partial charge >= 0.3 is 0 Å². The van der Waals surface area contributed by atoms with E-state index < -0.39 is 9.84 Å². The van der Waals surface area contributed by atoms with E-state index >= 15 is 0 Å². The fourth-order valence-electron chi connectivity index (χ4n) is 1.72. The van der Waals surface area contributed by atoms with Crippen LogP contribution in [0, 0.1) is 0 Å². The van der Waals surface area contributed by atoms with Gasteiger partial charge in [0.1, 0.15) is 0 Å². The van der Waals surface area contributed by atoms with Gasteiger partial charge in [0.15, 0.2) is 15.7 Å². The van der Waals surface area contributed by atoms with Crippen LogP contribution in [0.2, 0.25) is 0 Å². The number of sulfone groups is 1. The van der Waals surface area contributed by atoms with Gasteiger partial charge in [0.2, 0.25) is 0 Å². The average Bonchev–Trinajstić information content (AvgIpc) is 2.86. The van der Waals surface area contributed by atoms with Crippen LogP contribution >= 0.6 is 28.3 Å². The van der Waals surface area contributed by atoms with Crippen molar-refractivity contribution in [2.24, 2.45) is 0 Å². The van der Waals surface area contributed by atoms with Crippen molar-refractivity contribution < 1.29 is 12.9 Å². The summed E-state index contributed by atoms with van der Waals surface area (Å²) in [6.45, 7) is 2.01. The standard InChI is InChI=1S/C13H16BrN3O3S.ClH/c1-8(15-2)6-12-16-13(20-17-12)10-7-9(21(3,18)19)4-5-11(10)14;/h4-5,7-8,15H,6H2,1-3H3;1H. The molecule has 1 atom stereocenters. The van der Waals surface area contributed by atoms with E-state index in [2.05, 4.69) is 31.4 Å². The first-order valence-corrected chi connectivity index (χ1v) is 8.99. The predicted molar refractivity (Wildman–Crippen MR) is 90.0 cm³/mol. The Kier molecular flexibility index (Phi) is 6.54. The summed E-state index contributed by atoms with van der Waals surface area (Å²) in [5.74, 6) is 0.870. The van der Waals surface area contributed by atoms with Crippen LogP contribution in [-0.2, 0) is 16.3 Å². The Labute approximate surface area is 144 Å². The molecule has 0 aliphatic heterocycles. The van der Waals surface area contributed by atoms with E-state index in [0.717, 1.165) is 6.26 Å². The molecule has 0 amide bonds. The van der Waals surface area contributed by atoms with Gasteiger partial charge in [0.05, 0.1) is 10.5 Å². The number of nitrogens with one attached hydrogen (secondary N) is 1. The second kappa shape index (κ2) is 7.54. The monoisotopic (exact) mass is 409 g/mol. The zero-order valence-electron chi connectivity index (χ0n) is 12.3. The molecule has 2 rings (SSSR count). The average molecular weight is 411 g/mol. The smallest absolute Gasteiger partial charge is 0.259 e. The summed E-state index contributed by atoms with van der Waals surface area (Å²) in [6, 6.07) is 4.94. The third-order valence-electron chi connectivity index (χ3n) is 3.05. The molecular weight excluding hydrogens is 394 g/mol. The molecule has 1 unspecified atom stereocenters. The van der Waals surface area contributed by atoms with E-state index in [-0.39, 0.29) is 23.3 Å². The summed E-state index contributed by atoms with van der Waals surface area (Å²) in [5, 5.41) is 7.01. The Bertz CT molecular complexity index is 749. The number of rotatable bonds is 5. The van der Waals surface area contributed by atoms with E-state index in [1.165, 1.54) is 12.1 Å². The predicted octanol–water partition coefficient (Wildman–Crippen LogP) is 2.47. The topological polar surface area (TPSA) is 85.1 Å². The largest absolute Gasteiger partial charge is 0.334 e. The molecule has 9 heteroatoms. The molecule has 0 fully saturated rings. The number of hydrogen-bond donors (Lipinski definition) is 1. The lowest BCUT2D eigenvalue weighted by molar-refractivity contribution is 0.418. The van der Waals surface area contributed by atoms with Gasteiger partial charge < -0.3 is 9.84 Å². The van der Waals surface area contributed by atoms with Crippen molar-refractivity contribution in [2.45, 2.75) is 24.3 Å². The molecule has 1 aromatic carbocycles. The van der Waals surface area contributed by atoms with Crippen LogP contribution in [0.15, 0.2) is 32.1 Å². The Hall–Kier alpha value is -0.960. The quantitative estimate of drug-likeness (QED) is 0.815. The molecule has 0 saturated carbocycles. The van der Waals surface area contributed by atoms with Crippen LogP contribution in [0.1, 0.15) is 12.7 Å². The molecular formula is C13H17BrClN3O3S. The Morgan fingerprint density at radius 1 is 1.41 bits per heavy atom. The maximum atomic E-state index is 11.6. The summed E-state index contributed by atoms with van der Waals surface area (Å²) < 4.78 is 29.2. The van der Waals surface area contributed by atoms with Gasteiger partial charge in [0.25, 0.3) is 5.89 Å². The van der Waals surface area contributed by atoms with E-state index in [0.29, 0.717) is 28.2 Å². The highest BCUT2D eigenvalue weighted by Crippen LogP contribution is 2.29. The number of nitrogens with zero attached hydrogens (tertiary/aromatic N) is 2. The van der Waals surface area contributed by atoms with Gasteiger partial charge in [0, 0.05) is 23.2 Å². The second-order valence-electron chi connectivity index (χ2n) is 4.82. The summed E-state index contributed by atoms with van der Waals surface area (Å²) in [4.78, 5) is 4.52. The van der Waals surface area contributed by atoms with E-state index in [1.807, 2.05) is 14.0 Å². The molecule has 0 aliphatic rings. The molecule has 1 heterocycles. The number of halogens is 2. The van der Waals surface area contributed by atoms with Crippen LogP contribution < -0.4 is 5.32 Å². The van der Waals surface area contributed by atoms with E-state index in [9.17, 15) is 8.42 Å². The van der Waals surface area contributed by atoms with Gasteiger partial charge in [-0.25, -0.2) is 8.42 Å². The van der Waals surface area contributed by atoms with Gasteiger partial charge in [-0.1, -0.05) is 5.16 Å². The maximum Gasteiger partial charge on any atom is 0.259 e. The van der Waals surface area contributed by atoms with Gasteiger partial charge in [-0.2, -0.15) is 4.98 Å². The number of likely N-dealkylation sites (N-methyl/N-ethyl adjacent to an activating group) is 1. The van der Waals surface area contributed by atoms with Gasteiger partial charge in [-0.15, -0.1) is 12.4 Å². The molecule has 0 saturated heterocycles. The summed E-state index contributed by atoms with van der Waals surface area (Å²) >= 11 is 3.37. The zero-order valence-corrected chi connectivity index (χ0v) is 15.5. The molecule has 1 N–H and O–H groups in total. The highest BCUT2D eigenvalue weighted by Gasteiger charge is 2.16. The first-order chi connectivity index (χ1) is 9.81. The Morgan fingerprint density at radius 2 is 2.09 bits per heavy atom. The van der Waals surface area contributed by atoms with Crippen molar-refractivity contribution in [1.29, 1.82) is 0 Å². The van der Waals surface area contributed by atoms with Gasteiger partial charge in [-0.05, 0) is 48.1 Å². The van der Waals surface area contributed by atoms with Crippen LogP contribution in [0.5, 0.6) is 0 Å². The minimum atomic E-state index is -3.29. The van der Waals surface area contributed by atoms with Crippen LogP contribution in [0.25, 0.3) is 11.5 Å². The van der Waals surface area contributed by atoms with Crippen molar-refractivity contribution in [1.82, 2.24) is 15.5 Å². The second-order valence-corrected chi connectivity index (χ2v) is 7.69. The van der Waals surface area contributed by atoms with E-state index in [4.69, 9.17) is 4.52 Å². The fraction of sp³-hybridized carbons (Fsp3) is 0.385. The Morgan fingerprint density at radius 3 is 2.68 bits per heavy atom. The minimum Gasteiger partial charge on any atom is -0.334 e. The number of benzene rings is 1. The molecule has 22 heavy (non-hydrogen) atoms. The van der Waals surface area contributed by atoms with Crippen LogP contribution in [-0.4, -0.2) is 37.9 Å². The SMILES string of the molecule is CNC(C)Cc1noc(-c2cc(S(C)(=O)=O)ccc2Br)n1.Cl. The third-order valence-corrected chi connectivity index (χ3v) is 4.85. The first kappa shape index (κ1) is 19.1. The van der Waals surface area contributed by atoms with Crippen molar-refractivity contribution in [3.63, 3.8) is 0 Å². The highest BCUT2D eigenvalue weighted by atomic mass is 79.9. The summed E-state index contributed by atoms with van der Waals surface area (Å²) in [7, 11) is -1.43. The lowest BCUT2D eigenvalue weighted by Crippen LogP contribution is -2.24. The lowest BCUT2D eigenvalue weighted by atomic mass is 10.2. The molecule has 122 valence electrons. The molecule has 2 aromatic rings. The summed E-state index contributed by atoms with van der Waals surface area (Å²) in [6.07, 6.45) is 1.79. The molecule has 0 aliphatic carbocycles. The van der Waals surface area contributed by atoms with Crippen LogP contribution in [0.4, 0.5) is 0 Å². The summed E-state index contributed by atoms with van der Waals surface area (Å²) in [5.41, 5.74) is 0.564. The van der Waals surface area contributed by atoms with Crippen molar-refractivity contribution in [3.05, 3.63) is 28.5 Å². The zero-order chi connectivity index (χ0) is 15.6. The first-order valence-electron chi connectivity index (χ1n) is 6.31. The van der Waals surface area contributed by atoms with Gasteiger partial charge in [-0.3, -0.25) is 0 Å². The van der Waals surface area contributed by atoms with Crippen molar-refractivity contribution >= 4 is 38.2 Å². The number of hydrogen-bond acceptors (Lipinski definition) is 6. The molecule has 0 radical (unpaired) electrons. The molecule has 1 aromatic heterocycles. The number of aromatic nitrogens is 2. The minimum absolute atomic E-state index is 0. The normalized spacial score (nSPS) is 12.7.